The van der Waals surface area contributed by atoms with E-state index in [1.54, 1.807) is 0 Å². The van der Waals surface area contributed by atoms with Crippen LogP contribution >= 0.6 is 24.8 Å². The molecule has 0 saturated carbocycles. The minimum atomic E-state index is 0. The van der Waals surface area contributed by atoms with Gasteiger partial charge in [0.1, 0.15) is 0 Å². The van der Waals surface area contributed by atoms with Crippen molar-refractivity contribution in [3.8, 4) is 0 Å². The highest BCUT2D eigenvalue weighted by Gasteiger charge is 2.32. The average molecular weight is 357 g/mol. The van der Waals surface area contributed by atoms with E-state index < -0.39 is 0 Å². The van der Waals surface area contributed by atoms with Gasteiger partial charge in [0.2, 0.25) is 0 Å². The van der Waals surface area contributed by atoms with E-state index in [1.807, 2.05) is 17.9 Å². The fourth-order valence-electron chi connectivity index (χ4n) is 3.35. The Morgan fingerprint density at radius 1 is 1.17 bits per heavy atom. The van der Waals surface area contributed by atoms with Gasteiger partial charge in [-0.15, -0.1) is 24.8 Å². The van der Waals surface area contributed by atoms with Crippen LogP contribution in [0.3, 0.4) is 0 Å². The molecule has 2 heterocycles. The lowest BCUT2D eigenvalue weighted by Gasteiger charge is -2.16. The molecule has 6 heteroatoms. The highest BCUT2D eigenvalue weighted by atomic mass is 35.5. The molecule has 1 aliphatic rings. The Bertz CT molecular complexity index is 573. The van der Waals surface area contributed by atoms with Gasteiger partial charge in [-0.2, -0.15) is 5.10 Å². The third-order valence-electron chi connectivity index (χ3n) is 4.52. The van der Waals surface area contributed by atoms with Crippen LogP contribution in [0.1, 0.15) is 17.0 Å². The number of nitrogens with zero attached hydrogens (tertiary/aromatic N) is 3. The maximum absolute atomic E-state index is 5.99. The van der Waals surface area contributed by atoms with Crippen molar-refractivity contribution in [3.05, 3.63) is 53.9 Å². The lowest BCUT2D eigenvalue weighted by Crippen LogP contribution is -2.25. The SMILES string of the molecule is Cl.Cl.Cn1cc(CCN2C[C@@H](CN)[C@H](c3ccccc3)C2)cn1. The molecule has 1 aromatic heterocycles. The molecule has 0 spiro atoms. The summed E-state index contributed by atoms with van der Waals surface area (Å²) < 4.78 is 1.87. The maximum atomic E-state index is 5.99. The molecular formula is C17H26Cl2N4. The van der Waals surface area contributed by atoms with Gasteiger partial charge in [0.25, 0.3) is 0 Å². The van der Waals surface area contributed by atoms with Gasteiger partial charge in [-0.3, -0.25) is 4.68 Å². The summed E-state index contributed by atoms with van der Waals surface area (Å²) in [4.78, 5) is 2.54. The summed E-state index contributed by atoms with van der Waals surface area (Å²) in [6, 6.07) is 10.8. The van der Waals surface area contributed by atoms with Crippen molar-refractivity contribution in [1.29, 1.82) is 0 Å². The van der Waals surface area contributed by atoms with Gasteiger partial charge in [0.05, 0.1) is 6.20 Å². The molecule has 3 rings (SSSR count). The molecule has 0 bridgehead atoms. The van der Waals surface area contributed by atoms with E-state index >= 15 is 0 Å². The summed E-state index contributed by atoms with van der Waals surface area (Å²) in [5, 5.41) is 4.23. The number of aromatic nitrogens is 2. The minimum absolute atomic E-state index is 0. The molecule has 0 unspecified atom stereocenters. The second kappa shape index (κ2) is 9.28. The van der Waals surface area contributed by atoms with Crippen molar-refractivity contribution in [2.24, 2.45) is 18.7 Å². The first kappa shape index (κ1) is 20.0. The van der Waals surface area contributed by atoms with Gasteiger partial charge in [0.15, 0.2) is 0 Å². The molecule has 2 aromatic rings. The number of halogens is 2. The van der Waals surface area contributed by atoms with Crippen LogP contribution in [-0.4, -0.2) is 40.9 Å². The van der Waals surface area contributed by atoms with Crippen LogP contribution in [0.4, 0.5) is 0 Å². The number of likely N-dealkylation sites (tertiary alicyclic amines) is 1. The zero-order chi connectivity index (χ0) is 14.7. The molecule has 1 aromatic carbocycles. The van der Waals surface area contributed by atoms with E-state index in [0.29, 0.717) is 11.8 Å². The van der Waals surface area contributed by atoms with Crippen LogP contribution in [0.5, 0.6) is 0 Å². The number of aryl methyl sites for hydroxylation is 1. The molecule has 0 radical (unpaired) electrons. The lowest BCUT2D eigenvalue weighted by atomic mass is 9.89. The van der Waals surface area contributed by atoms with Gasteiger partial charge in [-0.25, -0.2) is 0 Å². The third kappa shape index (κ3) is 4.95. The third-order valence-corrected chi connectivity index (χ3v) is 4.52. The second-order valence-corrected chi connectivity index (χ2v) is 6.04. The molecule has 1 fully saturated rings. The fourth-order valence-corrected chi connectivity index (χ4v) is 3.35. The summed E-state index contributed by atoms with van der Waals surface area (Å²) in [7, 11) is 1.97. The molecule has 2 atom stereocenters. The second-order valence-electron chi connectivity index (χ2n) is 6.04. The van der Waals surface area contributed by atoms with Crippen LogP contribution in [0.15, 0.2) is 42.7 Å². The van der Waals surface area contributed by atoms with E-state index in [9.17, 15) is 0 Å². The van der Waals surface area contributed by atoms with Crippen molar-refractivity contribution in [1.82, 2.24) is 14.7 Å². The van der Waals surface area contributed by atoms with Crippen molar-refractivity contribution in [2.45, 2.75) is 12.3 Å². The van der Waals surface area contributed by atoms with E-state index in [1.165, 1.54) is 11.1 Å². The Hall–Kier alpha value is -1.07. The van der Waals surface area contributed by atoms with Crippen molar-refractivity contribution < 1.29 is 0 Å². The number of hydrogen-bond donors (Lipinski definition) is 1. The molecule has 23 heavy (non-hydrogen) atoms. The number of benzene rings is 1. The summed E-state index contributed by atoms with van der Waals surface area (Å²) in [5.74, 6) is 1.14. The summed E-state index contributed by atoms with van der Waals surface area (Å²) in [5.41, 5.74) is 8.73. The number of hydrogen-bond acceptors (Lipinski definition) is 3. The van der Waals surface area contributed by atoms with E-state index in [-0.39, 0.29) is 24.8 Å². The number of nitrogens with two attached hydrogens (primary N) is 1. The van der Waals surface area contributed by atoms with Crippen molar-refractivity contribution in [3.63, 3.8) is 0 Å². The van der Waals surface area contributed by atoms with Gasteiger partial charge in [-0.05, 0) is 30.0 Å². The fraction of sp³-hybridized carbons (Fsp3) is 0.471. The first-order valence-electron chi connectivity index (χ1n) is 7.71. The molecule has 0 amide bonds. The van der Waals surface area contributed by atoms with Crippen LogP contribution in [-0.2, 0) is 13.5 Å². The molecule has 1 saturated heterocycles. The first-order chi connectivity index (χ1) is 10.3. The van der Waals surface area contributed by atoms with Gasteiger partial charge >= 0.3 is 0 Å². The Kier molecular flexibility index (Phi) is 8.06. The van der Waals surface area contributed by atoms with E-state index in [0.717, 1.165) is 32.6 Å². The van der Waals surface area contributed by atoms with Gasteiger partial charge < -0.3 is 10.6 Å². The van der Waals surface area contributed by atoms with Crippen LogP contribution in [0.25, 0.3) is 0 Å². The zero-order valence-electron chi connectivity index (χ0n) is 13.5. The Morgan fingerprint density at radius 3 is 2.52 bits per heavy atom. The van der Waals surface area contributed by atoms with E-state index in [4.69, 9.17) is 5.73 Å². The smallest absolute Gasteiger partial charge is 0.0522 e. The summed E-state index contributed by atoms with van der Waals surface area (Å²) in [6.45, 7) is 4.08. The molecule has 2 N–H and O–H groups in total. The molecular weight excluding hydrogens is 331 g/mol. The topological polar surface area (TPSA) is 47.1 Å². The Labute approximate surface area is 150 Å². The van der Waals surface area contributed by atoms with Crippen molar-refractivity contribution >= 4 is 24.8 Å². The predicted octanol–water partition coefficient (Wildman–Crippen LogP) is 2.48. The number of rotatable bonds is 5. The average Bonchev–Trinajstić information content (AvgIpc) is 3.12. The minimum Gasteiger partial charge on any atom is -0.330 e. The molecule has 0 aliphatic carbocycles. The van der Waals surface area contributed by atoms with Crippen LogP contribution < -0.4 is 5.73 Å². The monoisotopic (exact) mass is 356 g/mol. The highest BCUT2D eigenvalue weighted by molar-refractivity contribution is 5.85. The highest BCUT2D eigenvalue weighted by Crippen LogP contribution is 2.31. The zero-order valence-corrected chi connectivity index (χ0v) is 15.1. The quantitative estimate of drug-likeness (QED) is 0.894. The molecule has 1 aliphatic heterocycles. The van der Waals surface area contributed by atoms with Gasteiger partial charge in [-0.1, -0.05) is 30.3 Å². The Balaban J connectivity index is 0.00000132. The predicted molar refractivity (Wildman–Crippen MR) is 99.6 cm³/mol. The Morgan fingerprint density at radius 2 is 1.91 bits per heavy atom. The molecule has 4 nitrogen and oxygen atoms in total. The first-order valence-corrected chi connectivity index (χ1v) is 7.71. The summed E-state index contributed by atoms with van der Waals surface area (Å²) in [6.07, 6.45) is 5.13. The van der Waals surface area contributed by atoms with E-state index in [2.05, 4.69) is 46.5 Å². The molecule has 128 valence electrons. The lowest BCUT2D eigenvalue weighted by molar-refractivity contribution is 0.328. The maximum Gasteiger partial charge on any atom is 0.0522 e. The normalized spacial score (nSPS) is 20.8. The standard InChI is InChI=1S/C17H24N4.2ClH/c1-20-11-14(10-19-20)7-8-21-12-16(9-18)17(13-21)15-5-3-2-4-6-15;;/h2-6,10-11,16-17H,7-9,12-13,18H2,1H3;2*1H/t16-,17+;;/m1../s1. The van der Waals surface area contributed by atoms with Gasteiger partial charge in [0, 0.05) is 38.8 Å². The summed E-state index contributed by atoms with van der Waals surface area (Å²) >= 11 is 0. The van der Waals surface area contributed by atoms with Crippen molar-refractivity contribution in [2.75, 3.05) is 26.2 Å². The largest absolute Gasteiger partial charge is 0.330 e. The van der Waals surface area contributed by atoms with Crippen LogP contribution in [0, 0.1) is 5.92 Å². The van der Waals surface area contributed by atoms with Crippen LogP contribution in [0.2, 0.25) is 0 Å².